The van der Waals surface area contributed by atoms with Gasteiger partial charge in [0.05, 0.1) is 12.1 Å². The van der Waals surface area contributed by atoms with E-state index >= 15 is 0 Å². The predicted octanol–water partition coefficient (Wildman–Crippen LogP) is 1.54. The van der Waals surface area contributed by atoms with Gasteiger partial charge in [0.15, 0.2) is 0 Å². The Hall–Kier alpha value is -1.36. The molecule has 1 aliphatic rings. The summed E-state index contributed by atoms with van der Waals surface area (Å²) in [5.41, 5.74) is 0. The normalized spacial score (nSPS) is 25.8. The molecule has 17 heavy (non-hydrogen) atoms. The van der Waals surface area contributed by atoms with E-state index in [1.165, 1.54) is 0 Å². The first-order chi connectivity index (χ1) is 8.20. The number of amides is 1. The summed E-state index contributed by atoms with van der Waals surface area (Å²) < 4.78 is 5.54. The van der Waals surface area contributed by atoms with Gasteiger partial charge in [0.2, 0.25) is 5.91 Å². The van der Waals surface area contributed by atoms with Crippen molar-refractivity contribution in [2.24, 2.45) is 0 Å². The molecule has 1 amide bonds. The smallest absolute Gasteiger partial charge is 0.249 e. The molecule has 2 N–H and O–H groups in total. The fourth-order valence-electron chi connectivity index (χ4n) is 2.09. The van der Waals surface area contributed by atoms with Crippen molar-refractivity contribution in [1.29, 1.82) is 0 Å². The van der Waals surface area contributed by atoms with Crippen molar-refractivity contribution in [2.75, 3.05) is 0 Å². The van der Waals surface area contributed by atoms with Crippen molar-refractivity contribution in [1.82, 2.24) is 15.3 Å². The van der Waals surface area contributed by atoms with Crippen LogP contribution in [0.1, 0.15) is 45.0 Å². The highest BCUT2D eigenvalue weighted by molar-refractivity contribution is 5.81. The predicted molar refractivity (Wildman–Crippen MR) is 63.3 cm³/mol. The van der Waals surface area contributed by atoms with Gasteiger partial charge in [0, 0.05) is 12.4 Å². The first-order valence-electron chi connectivity index (χ1n) is 6.15. The highest BCUT2D eigenvalue weighted by Gasteiger charge is 2.29. The Kier molecular flexibility index (Phi) is 3.78. The maximum absolute atomic E-state index is 12.0. The number of carbonyl (C=O) groups excluding carboxylic acids is 1. The number of aromatic amines is 1. The lowest BCUT2D eigenvalue weighted by Gasteiger charge is -2.17. The molecule has 1 saturated heterocycles. The topological polar surface area (TPSA) is 67.0 Å². The molecule has 0 saturated carbocycles. The summed E-state index contributed by atoms with van der Waals surface area (Å²) in [6.07, 6.45) is 5.92. The summed E-state index contributed by atoms with van der Waals surface area (Å²) in [6, 6.07) is -0.0583. The number of carbonyl (C=O) groups is 1. The van der Waals surface area contributed by atoms with Gasteiger partial charge in [-0.1, -0.05) is 6.92 Å². The van der Waals surface area contributed by atoms with Crippen LogP contribution >= 0.6 is 0 Å². The molecule has 3 atom stereocenters. The molecule has 0 aromatic carbocycles. The standard InChI is InChI=1S/C12H19N3O2/c1-3-9(11-13-6-7-14-11)15-12(16)10-5-4-8(2)17-10/h6-10H,3-5H2,1-2H3,(H,13,14)(H,15,16). The van der Waals surface area contributed by atoms with Gasteiger partial charge in [-0.2, -0.15) is 0 Å². The van der Waals surface area contributed by atoms with Crippen molar-refractivity contribution in [2.45, 2.75) is 51.4 Å². The third-order valence-electron chi connectivity index (χ3n) is 3.10. The van der Waals surface area contributed by atoms with Crippen molar-refractivity contribution < 1.29 is 9.53 Å². The molecule has 5 heteroatoms. The average molecular weight is 237 g/mol. The van der Waals surface area contributed by atoms with Crippen LogP contribution in [0, 0.1) is 0 Å². The summed E-state index contributed by atoms with van der Waals surface area (Å²) in [7, 11) is 0. The van der Waals surface area contributed by atoms with Gasteiger partial charge in [-0.25, -0.2) is 4.98 Å². The van der Waals surface area contributed by atoms with Crippen LogP contribution in [0.4, 0.5) is 0 Å². The molecule has 5 nitrogen and oxygen atoms in total. The second kappa shape index (κ2) is 5.31. The molecule has 1 aromatic heterocycles. The van der Waals surface area contributed by atoms with E-state index in [4.69, 9.17) is 4.74 Å². The SMILES string of the molecule is CCC(NC(=O)C1CCC(C)O1)c1ncc[nH]1. The lowest BCUT2D eigenvalue weighted by atomic mass is 10.1. The van der Waals surface area contributed by atoms with E-state index < -0.39 is 0 Å². The van der Waals surface area contributed by atoms with Gasteiger partial charge in [-0.15, -0.1) is 0 Å². The molecule has 3 unspecified atom stereocenters. The molecule has 1 aromatic rings. The van der Waals surface area contributed by atoms with E-state index in [2.05, 4.69) is 15.3 Å². The van der Waals surface area contributed by atoms with Gasteiger partial charge in [0.25, 0.3) is 0 Å². The minimum absolute atomic E-state index is 0.0300. The Balaban J connectivity index is 1.93. The van der Waals surface area contributed by atoms with Crippen LogP contribution in [0.5, 0.6) is 0 Å². The first kappa shape index (κ1) is 12.1. The van der Waals surface area contributed by atoms with E-state index in [9.17, 15) is 4.79 Å². The van der Waals surface area contributed by atoms with Crippen LogP contribution in [0.25, 0.3) is 0 Å². The van der Waals surface area contributed by atoms with Gasteiger partial charge in [0.1, 0.15) is 11.9 Å². The minimum atomic E-state index is -0.297. The lowest BCUT2D eigenvalue weighted by molar-refractivity contribution is -0.132. The molecule has 0 bridgehead atoms. The van der Waals surface area contributed by atoms with Crippen molar-refractivity contribution in [3.8, 4) is 0 Å². The Morgan fingerprint density at radius 2 is 2.53 bits per heavy atom. The molecule has 1 aliphatic heterocycles. The number of imidazole rings is 1. The Morgan fingerprint density at radius 1 is 1.71 bits per heavy atom. The fraction of sp³-hybridized carbons (Fsp3) is 0.667. The molecule has 2 rings (SSSR count). The second-order valence-corrected chi connectivity index (χ2v) is 4.46. The van der Waals surface area contributed by atoms with Crippen LogP contribution in [-0.4, -0.2) is 28.1 Å². The number of nitrogens with one attached hydrogen (secondary N) is 2. The summed E-state index contributed by atoms with van der Waals surface area (Å²) in [6.45, 7) is 4.02. The van der Waals surface area contributed by atoms with E-state index in [1.54, 1.807) is 12.4 Å². The third-order valence-corrected chi connectivity index (χ3v) is 3.10. The number of aromatic nitrogens is 2. The maximum atomic E-state index is 12.0. The van der Waals surface area contributed by atoms with E-state index in [1.807, 2.05) is 13.8 Å². The van der Waals surface area contributed by atoms with Crippen LogP contribution in [0.2, 0.25) is 0 Å². The van der Waals surface area contributed by atoms with Gasteiger partial charge < -0.3 is 15.0 Å². The molecule has 94 valence electrons. The molecule has 0 aliphatic carbocycles. The molecule has 0 spiro atoms. The van der Waals surface area contributed by atoms with E-state index in [-0.39, 0.29) is 24.2 Å². The number of ether oxygens (including phenoxy) is 1. The highest BCUT2D eigenvalue weighted by Crippen LogP contribution is 2.20. The molecular weight excluding hydrogens is 218 g/mol. The summed E-state index contributed by atoms with van der Waals surface area (Å²) in [5.74, 6) is 0.768. The van der Waals surface area contributed by atoms with E-state index in [0.29, 0.717) is 0 Å². The maximum Gasteiger partial charge on any atom is 0.249 e. The zero-order valence-corrected chi connectivity index (χ0v) is 10.3. The summed E-state index contributed by atoms with van der Waals surface area (Å²) >= 11 is 0. The number of H-pyrrole nitrogens is 1. The van der Waals surface area contributed by atoms with Crippen molar-refractivity contribution in [3.05, 3.63) is 18.2 Å². The Bertz CT molecular complexity index is 364. The first-order valence-corrected chi connectivity index (χ1v) is 6.15. The molecule has 1 fully saturated rings. The fourth-order valence-corrected chi connectivity index (χ4v) is 2.09. The van der Waals surface area contributed by atoms with Crippen molar-refractivity contribution >= 4 is 5.91 Å². The highest BCUT2D eigenvalue weighted by atomic mass is 16.5. The molecule has 0 radical (unpaired) electrons. The quantitative estimate of drug-likeness (QED) is 0.834. The largest absolute Gasteiger partial charge is 0.365 e. The van der Waals surface area contributed by atoms with E-state index in [0.717, 1.165) is 25.1 Å². The number of hydrogen-bond acceptors (Lipinski definition) is 3. The number of rotatable bonds is 4. The summed E-state index contributed by atoms with van der Waals surface area (Å²) in [4.78, 5) is 19.2. The number of nitrogens with zero attached hydrogens (tertiary/aromatic N) is 1. The Labute approximate surface area is 101 Å². The molecule has 2 heterocycles. The van der Waals surface area contributed by atoms with Gasteiger partial charge in [-0.3, -0.25) is 4.79 Å². The van der Waals surface area contributed by atoms with Gasteiger partial charge >= 0.3 is 0 Å². The van der Waals surface area contributed by atoms with Crippen LogP contribution in [0.15, 0.2) is 12.4 Å². The summed E-state index contributed by atoms with van der Waals surface area (Å²) in [5, 5.41) is 2.97. The van der Waals surface area contributed by atoms with Crippen LogP contribution < -0.4 is 5.32 Å². The number of hydrogen-bond donors (Lipinski definition) is 2. The lowest BCUT2D eigenvalue weighted by Crippen LogP contribution is -2.37. The van der Waals surface area contributed by atoms with Crippen molar-refractivity contribution in [3.63, 3.8) is 0 Å². The zero-order valence-electron chi connectivity index (χ0n) is 10.3. The monoisotopic (exact) mass is 237 g/mol. The van der Waals surface area contributed by atoms with Crippen LogP contribution in [-0.2, 0) is 9.53 Å². The second-order valence-electron chi connectivity index (χ2n) is 4.46. The zero-order chi connectivity index (χ0) is 12.3. The third kappa shape index (κ3) is 2.85. The molecular formula is C12H19N3O2. The average Bonchev–Trinajstić information content (AvgIpc) is 2.96. The minimum Gasteiger partial charge on any atom is -0.365 e. The van der Waals surface area contributed by atoms with Crippen LogP contribution in [0.3, 0.4) is 0 Å². The van der Waals surface area contributed by atoms with Gasteiger partial charge in [-0.05, 0) is 26.2 Å². The Morgan fingerprint density at radius 3 is 3.06 bits per heavy atom.